The van der Waals surface area contributed by atoms with E-state index >= 15 is 0 Å². The number of carbonyl (C=O) groups excluding carboxylic acids is 2. The Morgan fingerprint density at radius 3 is 2.75 bits per heavy atom. The van der Waals surface area contributed by atoms with Crippen LogP contribution in [0.4, 0.5) is 0 Å². The molecule has 0 saturated carbocycles. The van der Waals surface area contributed by atoms with E-state index in [1.807, 2.05) is 37.3 Å². The van der Waals surface area contributed by atoms with Gasteiger partial charge >= 0.3 is 5.97 Å². The summed E-state index contributed by atoms with van der Waals surface area (Å²) in [5, 5.41) is 4.24. The molecule has 1 aromatic carbocycles. The van der Waals surface area contributed by atoms with Crippen molar-refractivity contribution in [1.82, 2.24) is 14.7 Å². The Kier molecular flexibility index (Phi) is 7.16. The van der Waals surface area contributed by atoms with Gasteiger partial charge in [0.25, 0.3) is 5.91 Å². The van der Waals surface area contributed by atoms with Crippen LogP contribution in [0.25, 0.3) is 0 Å². The number of hydrogen-bond donors (Lipinski definition) is 0. The average molecular weight is 387 g/mol. The van der Waals surface area contributed by atoms with Gasteiger partial charge in [-0.2, -0.15) is 5.10 Å². The van der Waals surface area contributed by atoms with E-state index in [2.05, 4.69) is 5.10 Å². The van der Waals surface area contributed by atoms with Gasteiger partial charge in [0.05, 0.1) is 19.8 Å². The Balaban J connectivity index is 1.51. The Morgan fingerprint density at radius 2 is 1.96 bits per heavy atom. The van der Waals surface area contributed by atoms with Crippen molar-refractivity contribution in [2.24, 2.45) is 0 Å². The molecule has 0 radical (unpaired) electrons. The summed E-state index contributed by atoms with van der Waals surface area (Å²) in [7, 11) is 0. The molecule has 1 aliphatic rings. The number of benzene rings is 1. The summed E-state index contributed by atoms with van der Waals surface area (Å²) in [5.74, 6) is -0.648. The molecule has 150 valence electrons. The molecular weight excluding hydrogens is 362 g/mol. The van der Waals surface area contributed by atoms with Crippen LogP contribution in [0.3, 0.4) is 0 Å². The van der Waals surface area contributed by atoms with E-state index in [9.17, 15) is 9.59 Å². The number of amides is 1. The van der Waals surface area contributed by atoms with Gasteiger partial charge in [-0.3, -0.25) is 9.48 Å². The molecule has 0 bridgehead atoms. The predicted octanol–water partition coefficient (Wildman–Crippen LogP) is 2.44. The van der Waals surface area contributed by atoms with Crippen LogP contribution >= 0.6 is 0 Å². The number of nitrogens with zero attached hydrogens (tertiary/aromatic N) is 3. The van der Waals surface area contributed by atoms with Crippen LogP contribution < -0.4 is 0 Å². The van der Waals surface area contributed by atoms with E-state index < -0.39 is 5.97 Å². The Morgan fingerprint density at radius 1 is 1.14 bits per heavy atom. The van der Waals surface area contributed by atoms with Gasteiger partial charge in [-0.05, 0) is 25.3 Å². The van der Waals surface area contributed by atoms with Crippen LogP contribution in [-0.4, -0.2) is 52.9 Å². The fourth-order valence-electron chi connectivity index (χ4n) is 2.95. The molecule has 0 unspecified atom stereocenters. The largest absolute Gasteiger partial charge is 0.456 e. The van der Waals surface area contributed by atoms with Gasteiger partial charge in [0, 0.05) is 19.2 Å². The maximum absolute atomic E-state index is 12.7. The molecule has 0 atom stereocenters. The van der Waals surface area contributed by atoms with Crippen LogP contribution in [0.15, 0.2) is 36.4 Å². The number of rotatable bonds is 10. The Hall–Kier alpha value is -2.71. The summed E-state index contributed by atoms with van der Waals surface area (Å²) < 4.78 is 6.88. The zero-order valence-electron chi connectivity index (χ0n) is 16.0. The highest BCUT2D eigenvalue weighted by atomic mass is 17.2. The number of fused-ring (bicyclic) bond motifs is 1. The van der Waals surface area contributed by atoms with Gasteiger partial charge < -0.3 is 9.64 Å². The number of esters is 1. The van der Waals surface area contributed by atoms with Crippen LogP contribution in [0.5, 0.6) is 0 Å². The minimum absolute atomic E-state index is 0.119. The maximum Gasteiger partial charge on any atom is 0.359 e. The maximum atomic E-state index is 12.7. The van der Waals surface area contributed by atoms with Crippen molar-refractivity contribution in [1.29, 1.82) is 0 Å². The lowest BCUT2D eigenvalue weighted by Gasteiger charge is -2.27. The minimum Gasteiger partial charge on any atom is -0.456 e. The molecule has 0 aliphatic carbocycles. The lowest BCUT2D eigenvalue weighted by Crippen LogP contribution is -2.40. The first-order valence-electron chi connectivity index (χ1n) is 9.51. The fraction of sp³-hybridized carbons (Fsp3) is 0.450. The lowest BCUT2D eigenvalue weighted by atomic mass is 10.2. The number of ether oxygens (including phenoxy) is 1. The number of carbonyl (C=O) groups is 2. The highest BCUT2D eigenvalue weighted by Gasteiger charge is 2.28. The first kappa shape index (κ1) is 20.0. The number of unbranched alkanes of at least 4 members (excludes halogenated alkanes) is 1. The molecule has 0 N–H and O–H groups in total. The zero-order chi connectivity index (χ0) is 19.8. The van der Waals surface area contributed by atoms with Crippen LogP contribution in [-0.2, 0) is 27.7 Å². The van der Waals surface area contributed by atoms with Crippen molar-refractivity contribution < 1.29 is 24.1 Å². The van der Waals surface area contributed by atoms with E-state index in [1.165, 1.54) is 6.07 Å². The highest BCUT2D eigenvalue weighted by molar-refractivity contribution is 5.96. The van der Waals surface area contributed by atoms with Gasteiger partial charge in [-0.15, -0.1) is 0 Å². The molecule has 0 fully saturated rings. The van der Waals surface area contributed by atoms with E-state index in [0.29, 0.717) is 38.5 Å². The quantitative estimate of drug-likeness (QED) is 0.270. The van der Waals surface area contributed by atoms with E-state index in [4.69, 9.17) is 14.5 Å². The van der Waals surface area contributed by atoms with Crippen molar-refractivity contribution >= 4 is 11.9 Å². The number of aromatic nitrogens is 2. The van der Waals surface area contributed by atoms with Gasteiger partial charge in [0.2, 0.25) is 0 Å². The molecule has 0 spiro atoms. The summed E-state index contributed by atoms with van der Waals surface area (Å²) in [4.78, 5) is 36.5. The summed E-state index contributed by atoms with van der Waals surface area (Å²) in [6.45, 7) is 4.82. The van der Waals surface area contributed by atoms with E-state index in [0.717, 1.165) is 18.4 Å². The molecule has 8 heteroatoms. The molecule has 1 aromatic heterocycles. The van der Waals surface area contributed by atoms with Crippen molar-refractivity contribution in [3.63, 3.8) is 0 Å². The van der Waals surface area contributed by atoms with Crippen molar-refractivity contribution in [3.05, 3.63) is 53.3 Å². The van der Waals surface area contributed by atoms with E-state index in [-0.39, 0.29) is 18.2 Å². The summed E-state index contributed by atoms with van der Waals surface area (Å²) in [6, 6.07) is 10.9. The van der Waals surface area contributed by atoms with Crippen LogP contribution in [0, 0.1) is 0 Å². The molecule has 0 saturated heterocycles. The van der Waals surface area contributed by atoms with Crippen molar-refractivity contribution in [3.8, 4) is 0 Å². The topological polar surface area (TPSA) is 82.9 Å². The molecule has 28 heavy (non-hydrogen) atoms. The molecule has 2 heterocycles. The first-order valence-corrected chi connectivity index (χ1v) is 9.51. The van der Waals surface area contributed by atoms with Gasteiger partial charge in [-0.25, -0.2) is 14.6 Å². The SMILES string of the molecule is CCOOCCCCN1CCn2nc(C(=O)OCc3ccccc3)cc2C1=O. The van der Waals surface area contributed by atoms with Crippen LogP contribution in [0.2, 0.25) is 0 Å². The van der Waals surface area contributed by atoms with Crippen molar-refractivity contribution in [2.75, 3.05) is 26.3 Å². The Bertz CT molecular complexity index is 790. The summed E-state index contributed by atoms with van der Waals surface area (Å²) >= 11 is 0. The second-order valence-corrected chi connectivity index (χ2v) is 6.43. The molecule has 3 rings (SSSR count). The van der Waals surface area contributed by atoms with Gasteiger partial charge in [0.15, 0.2) is 5.69 Å². The smallest absolute Gasteiger partial charge is 0.359 e. The standard InChI is InChI=1S/C20H25N3O5/c1-2-27-28-13-7-6-10-22-11-12-23-18(19(22)24)14-17(21-23)20(25)26-15-16-8-4-3-5-9-16/h3-5,8-9,14H,2,6-7,10-13,15H2,1H3. The first-order chi connectivity index (χ1) is 13.7. The minimum atomic E-state index is -0.529. The monoisotopic (exact) mass is 387 g/mol. The lowest BCUT2D eigenvalue weighted by molar-refractivity contribution is -0.291. The third kappa shape index (κ3) is 5.17. The number of hydrogen-bond acceptors (Lipinski definition) is 6. The Labute approximate surface area is 163 Å². The zero-order valence-corrected chi connectivity index (χ0v) is 16.0. The van der Waals surface area contributed by atoms with Crippen molar-refractivity contribution in [2.45, 2.75) is 32.9 Å². The third-order valence-corrected chi connectivity index (χ3v) is 4.40. The predicted molar refractivity (Wildman–Crippen MR) is 101 cm³/mol. The van der Waals surface area contributed by atoms with Gasteiger partial charge in [-0.1, -0.05) is 30.3 Å². The normalized spacial score (nSPS) is 13.5. The molecular formula is C20H25N3O5. The molecule has 1 aliphatic heterocycles. The molecule has 1 amide bonds. The highest BCUT2D eigenvalue weighted by Crippen LogP contribution is 2.16. The summed E-state index contributed by atoms with van der Waals surface area (Å²) in [6.07, 6.45) is 1.62. The van der Waals surface area contributed by atoms with E-state index in [1.54, 1.807) is 9.58 Å². The second-order valence-electron chi connectivity index (χ2n) is 6.43. The average Bonchev–Trinajstić information content (AvgIpc) is 3.16. The molecule has 2 aromatic rings. The summed E-state index contributed by atoms with van der Waals surface area (Å²) in [5.41, 5.74) is 1.48. The van der Waals surface area contributed by atoms with Crippen LogP contribution in [0.1, 0.15) is 46.3 Å². The fourth-order valence-corrected chi connectivity index (χ4v) is 2.95. The molecule has 8 nitrogen and oxygen atoms in total. The van der Waals surface area contributed by atoms with Gasteiger partial charge in [0.1, 0.15) is 12.3 Å². The second kappa shape index (κ2) is 10.0. The third-order valence-electron chi connectivity index (χ3n) is 4.40.